The van der Waals surface area contributed by atoms with Gasteiger partial charge in [0.25, 0.3) is 0 Å². The summed E-state index contributed by atoms with van der Waals surface area (Å²) in [5.74, 6) is 0.136. The molecule has 3 nitrogen and oxygen atoms in total. The van der Waals surface area contributed by atoms with Crippen molar-refractivity contribution in [3.63, 3.8) is 0 Å². The lowest BCUT2D eigenvalue weighted by Crippen LogP contribution is -2.36. The lowest BCUT2D eigenvalue weighted by Gasteiger charge is -2.20. The van der Waals surface area contributed by atoms with Crippen LogP contribution in [0.2, 0.25) is 0 Å². The topological polar surface area (TPSA) is 29.5 Å². The molecule has 0 N–H and O–H groups in total. The van der Waals surface area contributed by atoms with E-state index in [1.54, 1.807) is 17.9 Å². The van der Waals surface area contributed by atoms with Gasteiger partial charge in [-0.2, -0.15) is 0 Å². The van der Waals surface area contributed by atoms with Gasteiger partial charge < -0.3 is 9.64 Å². The Hall–Kier alpha value is -1.29. The molecule has 0 spiro atoms. The molecule has 2 rings (SSSR count). The molecule has 0 aromatic heterocycles. The number of rotatable bonds is 1. The van der Waals surface area contributed by atoms with E-state index >= 15 is 0 Å². The van der Waals surface area contributed by atoms with E-state index in [-0.39, 0.29) is 11.7 Å². The summed E-state index contributed by atoms with van der Waals surface area (Å²) in [5, 5.41) is -0.579. The molecule has 1 aromatic carbocycles. The molecule has 0 saturated heterocycles. The standard InChI is InChI=1S/C12H13ClFNO2/c1-8(13)12(16)15-4-5-17-11-3-2-10(14)6-9(11)7-15/h2-3,6,8H,4-5,7H2,1H3. The number of ether oxygens (including phenoxy) is 1. The van der Waals surface area contributed by atoms with Gasteiger partial charge in [0.1, 0.15) is 23.6 Å². The monoisotopic (exact) mass is 257 g/mol. The average Bonchev–Trinajstić information content (AvgIpc) is 2.49. The van der Waals surface area contributed by atoms with Gasteiger partial charge in [-0.3, -0.25) is 4.79 Å². The van der Waals surface area contributed by atoms with Gasteiger partial charge in [-0.1, -0.05) is 0 Å². The van der Waals surface area contributed by atoms with Gasteiger partial charge in [-0.25, -0.2) is 4.39 Å². The minimum Gasteiger partial charge on any atom is -0.491 e. The second-order valence-corrected chi connectivity index (χ2v) is 4.63. The number of alkyl halides is 1. The molecule has 1 amide bonds. The molecule has 1 aliphatic rings. The Labute approximate surface area is 104 Å². The normalized spacial score (nSPS) is 16.8. The molecule has 0 radical (unpaired) electrons. The molecule has 0 bridgehead atoms. The van der Waals surface area contributed by atoms with Gasteiger partial charge in [0.15, 0.2) is 0 Å². The van der Waals surface area contributed by atoms with Crippen molar-refractivity contribution in [3.05, 3.63) is 29.6 Å². The smallest absolute Gasteiger partial charge is 0.240 e. The third kappa shape index (κ3) is 2.69. The number of fused-ring (bicyclic) bond motifs is 1. The van der Waals surface area contributed by atoms with Crippen LogP contribution in [0.25, 0.3) is 0 Å². The molecular weight excluding hydrogens is 245 g/mol. The van der Waals surface area contributed by atoms with Crippen LogP contribution in [-0.4, -0.2) is 29.3 Å². The zero-order chi connectivity index (χ0) is 12.4. The van der Waals surface area contributed by atoms with Crippen molar-refractivity contribution in [2.75, 3.05) is 13.2 Å². The first-order chi connectivity index (χ1) is 8.08. The Morgan fingerprint density at radius 3 is 3.06 bits per heavy atom. The zero-order valence-corrected chi connectivity index (χ0v) is 10.2. The fraction of sp³-hybridized carbons (Fsp3) is 0.417. The second-order valence-electron chi connectivity index (χ2n) is 3.98. The Bertz CT molecular complexity index is 437. The van der Waals surface area contributed by atoms with Crippen LogP contribution in [0.3, 0.4) is 0 Å². The van der Waals surface area contributed by atoms with E-state index in [9.17, 15) is 9.18 Å². The zero-order valence-electron chi connectivity index (χ0n) is 9.45. The fourth-order valence-electron chi connectivity index (χ4n) is 1.80. The van der Waals surface area contributed by atoms with E-state index in [1.807, 2.05) is 0 Å². The predicted octanol–water partition coefficient (Wildman–Crippen LogP) is 2.17. The average molecular weight is 258 g/mol. The van der Waals surface area contributed by atoms with Crippen LogP contribution in [-0.2, 0) is 11.3 Å². The van der Waals surface area contributed by atoms with Crippen molar-refractivity contribution in [1.82, 2.24) is 4.90 Å². The molecule has 1 aliphatic heterocycles. The maximum absolute atomic E-state index is 13.1. The van der Waals surface area contributed by atoms with Gasteiger partial charge in [-0.15, -0.1) is 11.6 Å². The Balaban J connectivity index is 2.24. The number of nitrogens with zero attached hydrogens (tertiary/aromatic N) is 1. The lowest BCUT2D eigenvalue weighted by molar-refractivity contribution is -0.131. The SMILES string of the molecule is CC(Cl)C(=O)N1CCOc2ccc(F)cc2C1. The summed E-state index contributed by atoms with van der Waals surface area (Å²) < 4.78 is 18.6. The summed E-state index contributed by atoms with van der Waals surface area (Å²) in [6.45, 7) is 2.82. The Kier molecular flexibility index (Phi) is 3.52. The highest BCUT2D eigenvalue weighted by atomic mass is 35.5. The number of benzene rings is 1. The first kappa shape index (κ1) is 12.2. The highest BCUT2D eigenvalue weighted by Gasteiger charge is 2.22. The van der Waals surface area contributed by atoms with Crippen LogP contribution in [0.5, 0.6) is 5.75 Å². The highest BCUT2D eigenvalue weighted by Crippen LogP contribution is 2.24. The molecule has 1 aromatic rings. The van der Waals surface area contributed by atoms with Crippen LogP contribution in [0.15, 0.2) is 18.2 Å². The molecular formula is C12H13ClFNO2. The van der Waals surface area contributed by atoms with Gasteiger partial charge in [0, 0.05) is 12.1 Å². The lowest BCUT2D eigenvalue weighted by atomic mass is 10.2. The summed E-state index contributed by atoms with van der Waals surface area (Å²) in [4.78, 5) is 13.4. The molecule has 17 heavy (non-hydrogen) atoms. The van der Waals surface area contributed by atoms with Crippen molar-refractivity contribution >= 4 is 17.5 Å². The molecule has 1 atom stereocenters. The maximum Gasteiger partial charge on any atom is 0.240 e. The first-order valence-electron chi connectivity index (χ1n) is 5.42. The summed E-state index contributed by atoms with van der Waals surface area (Å²) >= 11 is 5.77. The van der Waals surface area contributed by atoms with Crippen LogP contribution in [0.1, 0.15) is 12.5 Å². The Morgan fingerprint density at radius 2 is 2.35 bits per heavy atom. The van der Waals surface area contributed by atoms with Crippen LogP contribution >= 0.6 is 11.6 Å². The maximum atomic E-state index is 13.1. The van der Waals surface area contributed by atoms with Crippen molar-refractivity contribution < 1.29 is 13.9 Å². The number of halogens is 2. The third-order valence-corrected chi connectivity index (χ3v) is 2.84. The minimum absolute atomic E-state index is 0.160. The minimum atomic E-state index is -0.579. The second kappa shape index (κ2) is 4.92. The summed E-state index contributed by atoms with van der Waals surface area (Å²) in [6, 6.07) is 4.32. The van der Waals surface area contributed by atoms with Crippen molar-refractivity contribution in [2.24, 2.45) is 0 Å². The fourth-order valence-corrected chi connectivity index (χ4v) is 1.94. The number of hydrogen-bond acceptors (Lipinski definition) is 2. The van der Waals surface area contributed by atoms with Crippen LogP contribution < -0.4 is 4.74 Å². The van der Waals surface area contributed by atoms with Crippen LogP contribution in [0, 0.1) is 5.82 Å². The van der Waals surface area contributed by atoms with Crippen LogP contribution in [0.4, 0.5) is 4.39 Å². The highest BCUT2D eigenvalue weighted by molar-refractivity contribution is 6.30. The number of carbonyl (C=O) groups excluding carboxylic acids is 1. The van der Waals surface area contributed by atoms with E-state index in [1.165, 1.54) is 12.1 Å². The quantitative estimate of drug-likeness (QED) is 0.722. The van der Waals surface area contributed by atoms with E-state index in [0.717, 1.165) is 0 Å². The van der Waals surface area contributed by atoms with Gasteiger partial charge >= 0.3 is 0 Å². The van der Waals surface area contributed by atoms with E-state index < -0.39 is 5.38 Å². The molecule has 92 valence electrons. The molecule has 1 heterocycles. The summed E-state index contributed by atoms with van der Waals surface area (Å²) in [7, 11) is 0. The number of carbonyl (C=O) groups is 1. The van der Waals surface area contributed by atoms with E-state index in [4.69, 9.17) is 16.3 Å². The summed E-state index contributed by atoms with van der Waals surface area (Å²) in [6.07, 6.45) is 0. The third-order valence-electron chi connectivity index (χ3n) is 2.65. The Morgan fingerprint density at radius 1 is 1.59 bits per heavy atom. The van der Waals surface area contributed by atoms with E-state index in [0.29, 0.717) is 31.0 Å². The molecule has 0 fully saturated rings. The van der Waals surface area contributed by atoms with Gasteiger partial charge in [-0.05, 0) is 25.1 Å². The van der Waals surface area contributed by atoms with Crippen molar-refractivity contribution in [3.8, 4) is 5.75 Å². The molecule has 0 saturated carbocycles. The largest absolute Gasteiger partial charge is 0.491 e. The molecule has 1 unspecified atom stereocenters. The van der Waals surface area contributed by atoms with Crippen molar-refractivity contribution in [2.45, 2.75) is 18.8 Å². The van der Waals surface area contributed by atoms with Gasteiger partial charge in [0.05, 0.1) is 6.54 Å². The molecule has 5 heteroatoms. The number of amides is 1. The first-order valence-corrected chi connectivity index (χ1v) is 5.85. The van der Waals surface area contributed by atoms with E-state index in [2.05, 4.69) is 0 Å². The predicted molar refractivity (Wildman–Crippen MR) is 62.6 cm³/mol. The molecule has 0 aliphatic carbocycles. The van der Waals surface area contributed by atoms with Gasteiger partial charge in [0.2, 0.25) is 5.91 Å². The van der Waals surface area contributed by atoms with Crippen molar-refractivity contribution in [1.29, 1.82) is 0 Å². The summed E-state index contributed by atoms with van der Waals surface area (Å²) in [5.41, 5.74) is 0.674. The number of hydrogen-bond donors (Lipinski definition) is 0.